The van der Waals surface area contributed by atoms with Crippen LogP contribution in [-0.4, -0.2) is 63.2 Å². The van der Waals surface area contributed by atoms with Gasteiger partial charge in [-0.15, -0.1) is 0 Å². The Morgan fingerprint density at radius 3 is 2.29 bits per heavy atom. The van der Waals surface area contributed by atoms with Crippen LogP contribution in [0, 0.1) is 0 Å². The summed E-state index contributed by atoms with van der Waals surface area (Å²) in [7, 11) is 6.74. The van der Waals surface area contributed by atoms with E-state index in [9.17, 15) is 4.79 Å². The van der Waals surface area contributed by atoms with Crippen molar-refractivity contribution in [3.05, 3.63) is 41.9 Å². The third-order valence-electron chi connectivity index (χ3n) is 5.21. The summed E-state index contributed by atoms with van der Waals surface area (Å²) in [4.78, 5) is 17.7. The molecule has 0 radical (unpaired) electrons. The normalized spacial score (nSPS) is 15.3. The predicted molar refractivity (Wildman–Crippen MR) is 105 cm³/mol. The number of amides is 1. The van der Waals surface area contributed by atoms with E-state index in [1.807, 2.05) is 17.0 Å². The summed E-state index contributed by atoms with van der Waals surface area (Å²) in [6.07, 6.45) is 3.48. The van der Waals surface area contributed by atoms with E-state index in [0.717, 1.165) is 31.7 Å². The van der Waals surface area contributed by atoms with Gasteiger partial charge in [0.15, 0.2) is 11.5 Å². The van der Waals surface area contributed by atoms with Crippen molar-refractivity contribution in [1.82, 2.24) is 9.80 Å². The van der Waals surface area contributed by atoms with E-state index in [1.54, 1.807) is 39.7 Å². The first kappa shape index (κ1) is 20.1. The lowest BCUT2D eigenvalue weighted by molar-refractivity contribution is 0.0550. The van der Waals surface area contributed by atoms with Gasteiger partial charge in [0.1, 0.15) is 5.76 Å². The molecular formula is C21H28N2O5. The molecule has 0 N–H and O–H groups in total. The zero-order valence-electron chi connectivity index (χ0n) is 16.9. The number of methoxy groups -OCH3 is 3. The molecule has 0 unspecified atom stereocenters. The van der Waals surface area contributed by atoms with Gasteiger partial charge in [-0.05, 0) is 57.2 Å². The number of carbonyl (C=O) groups is 1. The number of rotatable bonds is 7. The molecule has 0 spiro atoms. The second-order valence-corrected chi connectivity index (χ2v) is 6.96. The van der Waals surface area contributed by atoms with Crippen molar-refractivity contribution in [3.8, 4) is 17.2 Å². The van der Waals surface area contributed by atoms with Crippen LogP contribution in [0.25, 0.3) is 0 Å². The number of hydrogen-bond donors (Lipinski definition) is 0. The van der Waals surface area contributed by atoms with Crippen molar-refractivity contribution >= 4 is 5.91 Å². The molecule has 0 saturated carbocycles. The van der Waals surface area contributed by atoms with E-state index < -0.39 is 0 Å². The number of benzene rings is 1. The Bertz CT molecular complexity index is 757. The van der Waals surface area contributed by atoms with E-state index in [1.165, 1.54) is 0 Å². The van der Waals surface area contributed by atoms with Crippen LogP contribution >= 0.6 is 0 Å². The molecule has 28 heavy (non-hydrogen) atoms. The standard InChI is InChI=1S/C21H28N2O5/c1-22-9-7-16(8-10-22)23(14-17-6-5-11-28-17)21(24)15-12-18(25-2)20(27-4)19(13-15)26-3/h5-6,11-13,16H,7-10,14H2,1-4H3. The lowest BCUT2D eigenvalue weighted by atomic mass is 10.0. The van der Waals surface area contributed by atoms with Crippen LogP contribution in [0.5, 0.6) is 17.2 Å². The van der Waals surface area contributed by atoms with Crippen LogP contribution in [0.15, 0.2) is 34.9 Å². The molecule has 1 amide bonds. The van der Waals surface area contributed by atoms with Gasteiger partial charge >= 0.3 is 0 Å². The van der Waals surface area contributed by atoms with Crippen LogP contribution in [-0.2, 0) is 6.54 Å². The first-order valence-electron chi connectivity index (χ1n) is 9.39. The smallest absolute Gasteiger partial charge is 0.254 e. The Hall–Kier alpha value is -2.67. The van der Waals surface area contributed by atoms with Crippen molar-refractivity contribution in [3.63, 3.8) is 0 Å². The van der Waals surface area contributed by atoms with Crippen LogP contribution in [0.2, 0.25) is 0 Å². The van der Waals surface area contributed by atoms with Crippen LogP contribution in [0.1, 0.15) is 29.0 Å². The fourth-order valence-electron chi connectivity index (χ4n) is 3.61. The topological polar surface area (TPSA) is 64.4 Å². The number of likely N-dealkylation sites (tertiary alicyclic amines) is 1. The number of furan rings is 1. The maximum absolute atomic E-state index is 13.5. The first-order valence-corrected chi connectivity index (χ1v) is 9.39. The minimum atomic E-state index is -0.0785. The van der Waals surface area contributed by atoms with E-state index in [0.29, 0.717) is 29.4 Å². The van der Waals surface area contributed by atoms with Crippen LogP contribution < -0.4 is 14.2 Å². The second kappa shape index (κ2) is 9.01. The summed E-state index contributed by atoms with van der Waals surface area (Å²) in [6, 6.07) is 7.28. The van der Waals surface area contributed by atoms with E-state index in [4.69, 9.17) is 18.6 Å². The molecule has 0 atom stereocenters. The molecular weight excluding hydrogens is 360 g/mol. The zero-order valence-corrected chi connectivity index (χ0v) is 16.9. The van der Waals surface area contributed by atoms with Gasteiger partial charge in [0, 0.05) is 11.6 Å². The van der Waals surface area contributed by atoms with Gasteiger partial charge in [0.2, 0.25) is 5.75 Å². The maximum atomic E-state index is 13.5. The first-order chi connectivity index (χ1) is 13.6. The molecule has 152 valence electrons. The van der Waals surface area contributed by atoms with Crippen LogP contribution in [0.3, 0.4) is 0 Å². The van der Waals surface area contributed by atoms with Gasteiger partial charge in [-0.2, -0.15) is 0 Å². The largest absolute Gasteiger partial charge is 0.493 e. The Kier molecular flexibility index (Phi) is 6.46. The lowest BCUT2D eigenvalue weighted by Crippen LogP contribution is -2.46. The van der Waals surface area contributed by atoms with Crippen molar-refractivity contribution in [1.29, 1.82) is 0 Å². The molecule has 1 aliphatic heterocycles. The lowest BCUT2D eigenvalue weighted by Gasteiger charge is -2.37. The van der Waals surface area contributed by atoms with E-state index in [-0.39, 0.29) is 11.9 Å². The second-order valence-electron chi connectivity index (χ2n) is 6.96. The number of hydrogen-bond acceptors (Lipinski definition) is 6. The average molecular weight is 388 g/mol. The molecule has 2 aromatic rings. The van der Waals surface area contributed by atoms with Gasteiger partial charge < -0.3 is 28.4 Å². The summed E-state index contributed by atoms with van der Waals surface area (Å²) in [5.41, 5.74) is 0.500. The third kappa shape index (κ3) is 4.25. The highest BCUT2D eigenvalue weighted by Gasteiger charge is 2.30. The number of ether oxygens (including phenoxy) is 3. The summed E-state index contributed by atoms with van der Waals surface area (Å²) in [5.74, 6) is 2.08. The third-order valence-corrected chi connectivity index (χ3v) is 5.21. The monoisotopic (exact) mass is 388 g/mol. The molecule has 1 saturated heterocycles. The van der Waals surface area contributed by atoms with E-state index >= 15 is 0 Å². The SMILES string of the molecule is COc1cc(C(=O)N(Cc2ccco2)C2CCN(C)CC2)cc(OC)c1OC. The summed E-state index contributed by atoms with van der Waals surface area (Å²) in [5, 5.41) is 0. The number of carbonyl (C=O) groups excluding carboxylic acids is 1. The fourth-order valence-corrected chi connectivity index (χ4v) is 3.61. The average Bonchev–Trinajstić information content (AvgIpc) is 3.24. The van der Waals surface area contributed by atoms with Gasteiger partial charge in [0.05, 0.1) is 34.1 Å². The molecule has 2 heterocycles. The summed E-state index contributed by atoms with van der Waals surface area (Å²) in [6.45, 7) is 2.35. The number of piperidine rings is 1. The van der Waals surface area contributed by atoms with Gasteiger partial charge in [0.25, 0.3) is 5.91 Å². The quantitative estimate of drug-likeness (QED) is 0.726. The predicted octanol–water partition coefficient (Wildman–Crippen LogP) is 3.04. The highest BCUT2D eigenvalue weighted by molar-refractivity contribution is 5.96. The molecule has 1 aromatic carbocycles. The van der Waals surface area contributed by atoms with E-state index in [2.05, 4.69) is 11.9 Å². The van der Waals surface area contributed by atoms with Crippen molar-refractivity contribution in [2.45, 2.75) is 25.4 Å². The number of nitrogens with zero attached hydrogens (tertiary/aromatic N) is 2. The van der Waals surface area contributed by atoms with Crippen LogP contribution in [0.4, 0.5) is 0 Å². The Morgan fingerprint density at radius 2 is 1.79 bits per heavy atom. The summed E-state index contributed by atoms with van der Waals surface area (Å²) >= 11 is 0. The highest BCUT2D eigenvalue weighted by Crippen LogP contribution is 2.38. The Morgan fingerprint density at radius 1 is 1.14 bits per heavy atom. The minimum absolute atomic E-state index is 0.0785. The molecule has 1 aromatic heterocycles. The van der Waals surface area contributed by atoms with Gasteiger partial charge in [-0.25, -0.2) is 0 Å². The molecule has 1 aliphatic rings. The fraction of sp³-hybridized carbons (Fsp3) is 0.476. The molecule has 0 aliphatic carbocycles. The summed E-state index contributed by atoms with van der Waals surface area (Å²) < 4.78 is 21.7. The Balaban J connectivity index is 1.94. The molecule has 3 rings (SSSR count). The molecule has 7 heteroatoms. The maximum Gasteiger partial charge on any atom is 0.254 e. The van der Waals surface area contributed by atoms with Gasteiger partial charge in [-0.3, -0.25) is 4.79 Å². The van der Waals surface area contributed by atoms with Gasteiger partial charge in [-0.1, -0.05) is 0 Å². The van der Waals surface area contributed by atoms with Crippen molar-refractivity contribution in [2.24, 2.45) is 0 Å². The molecule has 1 fully saturated rings. The molecule has 0 bridgehead atoms. The highest BCUT2D eigenvalue weighted by atomic mass is 16.5. The molecule has 7 nitrogen and oxygen atoms in total. The minimum Gasteiger partial charge on any atom is -0.493 e. The van der Waals surface area contributed by atoms with Crippen molar-refractivity contribution in [2.75, 3.05) is 41.5 Å². The van der Waals surface area contributed by atoms with Crippen molar-refractivity contribution < 1.29 is 23.4 Å². The zero-order chi connectivity index (χ0) is 20.1. The Labute approximate surface area is 165 Å².